The van der Waals surface area contributed by atoms with Crippen LogP contribution in [-0.2, 0) is 0 Å². The van der Waals surface area contributed by atoms with Crippen LogP contribution in [0.25, 0.3) is 0 Å². The quantitative estimate of drug-likeness (QED) is 0.775. The highest BCUT2D eigenvalue weighted by Crippen LogP contribution is 2.40. The number of nitrogens with one attached hydrogen (secondary N) is 1. The first-order chi connectivity index (χ1) is 7.93. The van der Waals surface area contributed by atoms with E-state index >= 15 is 0 Å². The molecule has 18 heavy (non-hydrogen) atoms. The fraction of sp³-hybridized carbons (Fsp3) is 0.600. The summed E-state index contributed by atoms with van der Waals surface area (Å²) in [5, 5.41) is 3.69. The fourth-order valence-electron chi connectivity index (χ4n) is 2.57. The summed E-state index contributed by atoms with van der Waals surface area (Å²) in [4.78, 5) is 0. The third kappa shape index (κ3) is 4.46. The Morgan fingerprint density at radius 3 is 2.44 bits per heavy atom. The average Bonchev–Trinajstić information content (AvgIpc) is 3.21. The van der Waals surface area contributed by atoms with Gasteiger partial charge in [-0.1, -0.05) is 43.2 Å². The average molecular weight is 288 g/mol. The lowest BCUT2D eigenvalue weighted by Crippen LogP contribution is -2.19. The molecule has 2 saturated carbocycles. The second kappa shape index (κ2) is 7.37. The zero-order chi connectivity index (χ0) is 10.8. The largest absolute Gasteiger partial charge is 0.313 e. The SMILES string of the molecule is Cl.Cl.c1ccc(C2C[C@@H]2NCCCC2CC2)cc1. The molecular weight excluding hydrogens is 265 g/mol. The van der Waals surface area contributed by atoms with Crippen molar-refractivity contribution in [3.63, 3.8) is 0 Å². The lowest BCUT2D eigenvalue weighted by molar-refractivity contribution is 0.586. The van der Waals surface area contributed by atoms with Crippen LogP contribution in [0.5, 0.6) is 0 Å². The molecule has 1 unspecified atom stereocenters. The van der Waals surface area contributed by atoms with Crippen molar-refractivity contribution in [1.29, 1.82) is 0 Å². The smallest absolute Gasteiger partial charge is 0.0143 e. The third-order valence-electron chi connectivity index (χ3n) is 3.91. The van der Waals surface area contributed by atoms with Gasteiger partial charge in [0.05, 0.1) is 0 Å². The second-order valence-electron chi connectivity index (χ2n) is 5.40. The lowest BCUT2D eigenvalue weighted by Gasteiger charge is -2.03. The van der Waals surface area contributed by atoms with Crippen molar-refractivity contribution >= 4 is 24.8 Å². The highest BCUT2D eigenvalue weighted by Gasteiger charge is 2.37. The molecule has 0 aliphatic heterocycles. The zero-order valence-corrected chi connectivity index (χ0v) is 12.3. The Balaban J connectivity index is 0.000000810. The molecule has 2 aliphatic carbocycles. The van der Waals surface area contributed by atoms with Gasteiger partial charge >= 0.3 is 0 Å². The van der Waals surface area contributed by atoms with Crippen LogP contribution in [0.2, 0.25) is 0 Å². The molecule has 0 radical (unpaired) electrons. The summed E-state index contributed by atoms with van der Waals surface area (Å²) < 4.78 is 0. The van der Waals surface area contributed by atoms with Crippen molar-refractivity contribution in [2.75, 3.05) is 6.54 Å². The summed E-state index contributed by atoms with van der Waals surface area (Å²) in [6, 6.07) is 11.7. The maximum absolute atomic E-state index is 3.69. The molecule has 0 aromatic heterocycles. The first-order valence-electron chi connectivity index (χ1n) is 6.72. The van der Waals surface area contributed by atoms with Crippen LogP contribution in [0.1, 0.15) is 43.6 Å². The minimum absolute atomic E-state index is 0. The first-order valence-corrected chi connectivity index (χ1v) is 6.72. The van der Waals surface area contributed by atoms with Gasteiger partial charge in [0.15, 0.2) is 0 Å². The maximum Gasteiger partial charge on any atom is 0.0143 e. The fourth-order valence-corrected chi connectivity index (χ4v) is 2.57. The van der Waals surface area contributed by atoms with Crippen molar-refractivity contribution in [2.45, 2.75) is 44.1 Å². The van der Waals surface area contributed by atoms with Crippen molar-refractivity contribution in [3.8, 4) is 0 Å². The van der Waals surface area contributed by atoms with Gasteiger partial charge in [-0.05, 0) is 37.3 Å². The van der Waals surface area contributed by atoms with Crippen LogP contribution in [-0.4, -0.2) is 12.6 Å². The molecule has 2 fully saturated rings. The van der Waals surface area contributed by atoms with Crippen molar-refractivity contribution in [1.82, 2.24) is 5.32 Å². The highest BCUT2D eigenvalue weighted by atomic mass is 35.5. The van der Waals surface area contributed by atoms with Crippen LogP contribution in [0, 0.1) is 5.92 Å². The molecule has 2 atom stereocenters. The van der Waals surface area contributed by atoms with Crippen LogP contribution >= 0.6 is 24.8 Å². The van der Waals surface area contributed by atoms with E-state index in [1.165, 1.54) is 44.2 Å². The van der Waals surface area contributed by atoms with Crippen LogP contribution in [0.4, 0.5) is 0 Å². The minimum Gasteiger partial charge on any atom is -0.313 e. The lowest BCUT2D eigenvalue weighted by atomic mass is 10.1. The van der Waals surface area contributed by atoms with E-state index in [-0.39, 0.29) is 24.8 Å². The Morgan fingerprint density at radius 2 is 1.78 bits per heavy atom. The van der Waals surface area contributed by atoms with Crippen LogP contribution in [0.15, 0.2) is 30.3 Å². The van der Waals surface area contributed by atoms with Crippen molar-refractivity contribution < 1.29 is 0 Å². The normalized spacial score (nSPS) is 24.9. The summed E-state index contributed by atoms with van der Waals surface area (Å²) in [6.07, 6.45) is 7.16. The molecule has 0 spiro atoms. The van der Waals surface area contributed by atoms with E-state index in [1.54, 1.807) is 0 Å². The predicted octanol–water partition coefficient (Wildman–Crippen LogP) is 4.17. The third-order valence-corrected chi connectivity index (χ3v) is 3.91. The van der Waals surface area contributed by atoms with E-state index in [9.17, 15) is 0 Å². The zero-order valence-electron chi connectivity index (χ0n) is 10.7. The van der Waals surface area contributed by atoms with E-state index < -0.39 is 0 Å². The monoisotopic (exact) mass is 287 g/mol. The van der Waals surface area contributed by atoms with Crippen molar-refractivity contribution in [3.05, 3.63) is 35.9 Å². The van der Waals surface area contributed by atoms with Gasteiger partial charge in [-0.15, -0.1) is 24.8 Å². The van der Waals surface area contributed by atoms with E-state index in [0.29, 0.717) is 0 Å². The van der Waals surface area contributed by atoms with Gasteiger partial charge in [0.2, 0.25) is 0 Å². The highest BCUT2D eigenvalue weighted by molar-refractivity contribution is 5.85. The van der Waals surface area contributed by atoms with Gasteiger partial charge in [0.25, 0.3) is 0 Å². The Labute approximate surface area is 123 Å². The number of hydrogen-bond acceptors (Lipinski definition) is 1. The van der Waals surface area contributed by atoms with Gasteiger partial charge in [0, 0.05) is 12.0 Å². The Kier molecular flexibility index (Phi) is 6.48. The van der Waals surface area contributed by atoms with E-state index in [0.717, 1.165) is 17.9 Å². The molecular formula is C15H23Cl2N. The molecule has 1 aromatic carbocycles. The summed E-state index contributed by atoms with van der Waals surface area (Å²) in [5.41, 5.74) is 1.52. The van der Waals surface area contributed by atoms with Crippen LogP contribution < -0.4 is 5.32 Å². The van der Waals surface area contributed by atoms with E-state index in [4.69, 9.17) is 0 Å². The molecule has 3 heteroatoms. The van der Waals surface area contributed by atoms with Crippen LogP contribution in [0.3, 0.4) is 0 Å². The molecule has 3 rings (SSSR count). The molecule has 0 saturated heterocycles. The number of halogens is 2. The molecule has 102 valence electrons. The molecule has 1 N–H and O–H groups in total. The van der Waals surface area contributed by atoms with Gasteiger partial charge in [-0.2, -0.15) is 0 Å². The number of rotatable bonds is 6. The summed E-state index contributed by atoms with van der Waals surface area (Å²) >= 11 is 0. The summed E-state index contributed by atoms with van der Waals surface area (Å²) in [6.45, 7) is 1.23. The molecule has 0 amide bonds. The van der Waals surface area contributed by atoms with E-state index in [2.05, 4.69) is 35.6 Å². The topological polar surface area (TPSA) is 12.0 Å². The Morgan fingerprint density at radius 1 is 1.06 bits per heavy atom. The van der Waals surface area contributed by atoms with Gasteiger partial charge in [0.1, 0.15) is 0 Å². The molecule has 1 nitrogen and oxygen atoms in total. The standard InChI is InChI=1S/C15H21N.2ClH/c1-2-6-13(7-3-1)14-11-15(14)16-10-4-5-12-8-9-12;;/h1-3,6-7,12,14-16H,4-5,8-11H2;2*1H/t14?,15-;;/m0../s1. The molecule has 0 bridgehead atoms. The Bertz CT molecular complexity index is 338. The van der Waals surface area contributed by atoms with Crippen molar-refractivity contribution in [2.24, 2.45) is 5.92 Å². The van der Waals surface area contributed by atoms with Gasteiger partial charge < -0.3 is 5.32 Å². The molecule has 0 heterocycles. The molecule has 1 aromatic rings. The predicted molar refractivity (Wildman–Crippen MR) is 82.0 cm³/mol. The molecule has 2 aliphatic rings. The Hall–Kier alpha value is -0.240. The maximum atomic E-state index is 3.69. The second-order valence-corrected chi connectivity index (χ2v) is 5.40. The number of hydrogen-bond donors (Lipinski definition) is 1. The minimum atomic E-state index is 0. The number of benzene rings is 1. The van der Waals surface area contributed by atoms with E-state index in [1.807, 2.05) is 0 Å². The van der Waals surface area contributed by atoms with Gasteiger partial charge in [-0.3, -0.25) is 0 Å². The summed E-state index contributed by atoms with van der Waals surface area (Å²) in [5.74, 6) is 1.88. The first kappa shape index (κ1) is 15.8. The summed E-state index contributed by atoms with van der Waals surface area (Å²) in [7, 11) is 0. The van der Waals surface area contributed by atoms with Gasteiger partial charge in [-0.25, -0.2) is 0 Å².